The highest BCUT2D eigenvalue weighted by Gasteiger charge is 2.27. The van der Waals surface area contributed by atoms with Crippen molar-refractivity contribution in [1.82, 2.24) is 0 Å². The van der Waals surface area contributed by atoms with Gasteiger partial charge in [-0.25, -0.2) is 4.39 Å². The molecule has 0 amide bonds. The molecule has 0 spiro atoms. The van der Waals surface area contributed by atoms with E-state index >= 15 is 0 Å². The fraction of sp³-hybridized carbons (Fsp3) is 0.385. The van der Waals surface area contributed by atoms with Crippen molar-refractivity contribution in [3.63, 3.8) is 0 Å². The smallest absolute Gasteiger partial charge is 0.151 e. The molecule has 0 radical (unpaired) electrons. The van der Waals surface area contributed by atoms with Crippen molar-refractivity contribution < 1.29 is 8.81 Å². The Morgan fingerprint density at radius 3 is 2.53 bits per heavy atom. The minimum atomic E-state index is -0.267. The summed E-state index contributed by atoms with van der Waals surface area (Å²) in [5.74, 6) is 0.384. The molecule has 0 aliphatic heterocycles. The summed E-state index contributed by atoms with van der Waals surface area (Å²) in [4.78, 5) is 0. The predicted octanol–water partition coefficient (Wildman–Crippen LogP) is 4.09. The van der Waals surface area contributed by atoms with E-state index in [1.54, 1.807) is 6.07 Å². The van der Waals surface area contributed by atoms with Gasteiger partial charge in [0.1, 0.15) is 11.6 Å². The molecule has 0 unspecified atom stereocenters. The van der Waals surface area contributed by atoms with Gasteiger partial charge < -0.3 is 10.2 Å². The summed E-state index contributed by atoms with van der Waals surface area (Å²) in [6.07, 6.45) is 0. The molecule has 1 aromatic carbocycles. The Morgan fingerprint density at radius 1 is 1.35 bits per heavy atom. The quantitative estimate of drug-likeness (QED) is 0.861. The first-order chi connectivity index (χ1) is 7.86. The van der Waals surface area contributed by atoms with Crippen molar-refractivity contribution in [2.75, 3.05) is 0 Å². The molecule has 0 saturated heterocycles. The molecule has 0 bridgehead atoms. The van der Waals surface area contributed by atoms with Crippen molar-refractivity contribution in [3.05, 3.63) is 33.7 Å². The van der Waals surface area contributed by atoms with Crippen LogP contribution in [-0.4, -0.2) is 0 Å². The van der Waals surface area contributed by atoms with Crippen molar-refractivity contribution >= 4 is 26.9 Å². The Labute approximate surface area is 108 Å². The molecule has 0 aliphatic rings. The number of halogens is 2. The summed E-state index contributed by atoms with van der Waals surface area (Å²) >= 11 is 3.37. The summed E-state index contributed by atoms with van der Waals surface area (Å²) in [6, 6.07) is 3.09. The maximum atomic E-state index is 14.0. The van der Waals surface area contributed by atoms with E-state index in [2.05, 4.69) is 15.9 Å². The predicted molar refractivity (Wildman–Crippen MR) is 70.5 cm³/mol. The standard InChI is InChI=1S/C13H15BrFNO/c1-13(2,3)11-9(6-16)17-12-7(14)4-5-8(15)10(11)12/h4-5H,6,16H2,1-3H3. The average Bonchev–Trinajstić information content (AvgIpc) is 2.63. The molecule has 2 N–H and O–H groups in total. The molecule has 1 aromatic heterocycles. The van der Waals surface area contributed by atoms with Gasteiger partial charge in [0.05, 0.1) is 16.4 Å². The zero-order valence-electron chi connectivity index (χ0n) is 10.1. The van der Waals surface area contributed by atoms with Crippen molar-refractivity contribution in [1.29, 1.82) is 0 Å². The second-order valence-electron chi connectivity index (χ2n) is 5.09. The number of benzene rings is 1. The number of rotatable bonds is 1. The second-order valence-corrected chi connectivity index (χ2v) is 5.94. The first-order valence-corrected chi connectivity index (χ1v) is 6.25. The summed E-state index contributed by atoms with van der Waals surface area (Å²) in [7, 11) is 0. The molecule has 0 fully saturated rings. The molecular formula is C13H15BrFNO. The summed E-state index contributed by atoms with van der Waals surface area (Å²) in [6.45, 7) is 6.34. The minimum Gasteiger partial charge on any atom is -0.458 e. The lowest BCUT2D eigenvalue weighted by Gasteiger charge is -2.19. The topological polar surface area (TPSA) is 39.2 Å². The van der Waals surface area contributed by atoms with Crippen LogP contribution in [0.4, 0.5) is 4.39 Å². The van der Waals surface area contributed by atoms with Crippen molar-refractivity contribution in [3.8, 4) is 0 Å². The first-order valence-electron chi connectivity index (χ1n) is 5.46. The number of hydrogen-bond donors (Lipinski definition) is 1. The summed E-state index contributed by atoms with van der Waals surface area (Å²) < 4.78 is 20.4. The molecular weight excluding hydrogens is 285 g/mol. The van der Waals surface area contributed by atoms with Gasteiger partial charge in [-0.2, -0.15) is 0 Å². The molecule has 2 rings (SSSR count). The zero-order chi connectivity index (χ0) is 12.8. The third-order valence-corrected chi connectivity index (χ3v) is 3.37. The van der Waals surface area contributed by atoms with Gasteiger partial charge in [-0.1, -0.05) is 20.8 Å². The molecule has 4 heteroatoms. The van der Waals surface area contributed by atoms with Crippen LogP contribution in [0.25, 0.3) is 11.0 Å². The molecule has 1 heterocycles. The fourth-order valence-corrected chi connectivity index (χ4v) is 2.53. The first kappa shape index (κ1) is 12.6. The highest BCUT2D eigenvalue weighted by atomic mass is 79.9. The van der Waals surface area contributed by atoms with Crippen LogP contribution in [0.15, 0.2) is 21.0 Å². The van der Waals surface area contributed by atoms with Gasteiger partial charge >= 0.3 is 0 Å². The lowest BCUT2D eigenvalue weighted by Crippen LogP contribution is -2.14. The van der Waals surface area contributed by atoms with Gasteiger partial charge in [0.15, 0.2) is 5.58 Å². The molecule has 2 aromatic rings. The molecule has 92 valence electrons. The van der Waals surface area contributed by atoms with Crippen LogP contribution < -0.4 is 5.73 Å². The largest absolute Gasteiger partial charge is 0.458 e. The summed E-state index contributed by atoms with van der Waals surface area (Å²) in [5, 5.41) is 0.535. The highest BCUT2D eigenvalue weighted by molar-refractivity contribution is 9.10. The maximum absolute atomic E-state index is 14.0. The third-order valence-electron chi connectivity index (χ3n) is 2.75. The second kappa shape index (κ2) is 4.10. The van der Waals surface area contributed by atoms with Crippen LogP contribution in [0, 0.1) is 5.82 Å². The van der Waals surface area contributed by atoms with Gasteiger partial charge in [0, 0.05) is 5.56 Å². The van der Waals surface area contributed by atoms with E-state index in [4.69, 9.17) is 10.2 Å². The summed E-state index contributed by atoms with van der Waals surface area (Å²) in [5.41, 5.74) is 6.87. The van der Waals surface area contributed by atoms with Crippen LogP contribution in [0.3, 0.4) is 0 Å². The van der Waals surface area contributed by atoms with Crippen LogP contribution in [0.5, 0.6) is 0 Å². The molecule has 0 aliphatic carbocycles. The Bertz CT molecular complexity index is 569. The van der Waals surface area contributed by atoms with E-state index in [0.29, 0.717) is 16.7 Å². The molecule has 0 saturated carbocycles. The SMILES string of the molecule is CC(C)(C)c1c(CN)oc2c(Br)ccc(F)c12. The molecule has 2 nitrogen and oxygen atoms in total. The Hall–Kier alpha value is -0.870. The monoisotopic (exact) mass is 299 g/mol. The minimum absolute atomic E-state index is 0.207. The Kier molecular flexibility index (Phi) is 3.04. The van der Waals surface area contributed by atoms with Crippen LogP contribution in [0.1, 0.15) is 32.1 Å². The molecule has 0 atom stereocenters. The number of furan rings is 1. The zero-order valence-corrected chi connectivity index (χ0v) is 11.7. The average molecular weight is 300 g/mol. The van der Waals surface area contributed by atoms with Gasteiger partial charge in [0.2, 0.25) is 0 Å². The highest BCUT2D eigenvalue weighted by Crippen LogP contribution is 2.39. The van der Waals surface area contributed by atoms with Crippen molar-refractivity contribution in [2.24, 2.45) is 5.73 Å². The number of hydrogen-bond acceptors (Lipinski definition) is 2. The normalized spacial score (nSPS) is 12.4. The van der Waals surface area contributed by atoms with E-state index in [9.17, 15) is 4.39 Å². The fourth-order valence-electron chi connectivity index (χ4n) is 2.12. The van der Waals surface area contributed by atoms with E-state index < -0.39 is 0 Å². The number of fused-ring (bicyclic) bond motifs is 1. The Morgan fingerprint density at radius 2 is 2.00 bits per heavy atom. The van der Waals surface area contributed by atoms with E-state index in [1.165, 1.54) is 6.07 Å². The third kappa shape index (κ3) is 2.00. The maximum Gasteiger partial charge on any atom is 0.151 e. The van der Waals surface area contributed by atoms with E-state index in [-0.39, 0.29) is 17.8 Å². The number of nitrogens with two attached hydrogens (primary N) is 1. The van der Waals surface area contributed by atoms with Gasteiger partial charge in [-0.15, -0.1) is 0 Å². The van der Waals surface area contributed by atoms with Gasteiger partial charge in [-0.3, -0.25) is 0 Å². The van der Waals surface area contributed by atoms with Crippen LogP contribution in [-0.2, 0) is 12.0 Å². The lowest BCUT2D eigenvalue weighted by molar-refractivity contribution is 0.510. The van der Waals surface area contributed by atoms with Gasteiger partial charge in [-0.05, 0) is 33.5 Å². The van der Waals surface area contributed by atoms with E-state index in [1.807, 2.05) is 20.8 Å². The van der Waals surface area contributed by atoms with E-state index in [0.717, 1.165) is 10.0 Å². The van der Waals surface area contributed by atoms with Crippen molar-refractivity contribution in [2.45, 2.75) is 32.7 Å². The molecule has 17 heavy (non-hydrogen) atoms. The Balaban J connectivity index is 2.93. The van der Waals surface area contributed by atoms with Crippen LogP contribution >= 0.6 is 15.9 Å². The lowest BCUT2D eigenvalue weighted by atomic mass is 9.84. The van der Waals surface area contributed by atoms with Gasteiger partial charge in [0.25, 0.3) is 0 Å². The van der Waals surface area contributed by atoms with Crippen LogP contribution in [0.2, 0.25) is 0 Å².